The van der Waals surface area contributed by atoms with Crippen LogP contribution in [0.4, 0.5) is 5.69 Å². The van der Waals surface area contributed by atoms with Crippen molar-refractivity contribution in [3.8, 4) is 5.75 Å². The number of ether oxygens (including phenoxy) is 1. The number of para-hydroxylation sites is 1. The molecule has 3 heteroatoms. The third kappa shape index (κ3) is 4.48. The van der Waals surface area contributed by atoms with Gasteiger partial charge in [0.05, 0.1) is 7.11 Å². The van der Waals surface area contributed by atoms with Crippen LogP contribution in [-0.2, 0) is 4.79 Å². The zero-order chi connectivity index (χ0) is 17.5. The summed E-state index contributed by atoms with van der Waals surface area (Å²) in [6.07, 6.45) is 4.36. The highest BCUT2D eigenvalue weighted by Crippen LogP contribution is 2.26. The molecular weight excluding hydrogens is 298 g/mol. The number of nitrogens with one attached hydrogen (secondary N) is 1. The second-order valence-electron chi connectivity index (χ2n) is 5.96. The fourth-order valence-corrected chi connectivity index (χ4v) is 2.58. The summed E-state index contributed by atoms with van der Waals surface area (Å²) in [5, 5.41) is 2.98. The van der Waals surface area contributed by atoms with Crippen LogP contribution < -0.4 is 10.1 Å². The first-order valence-corrected chi connectivity index (χ1v) is 8.27. The van der Waals surface area contributed by atoms with E-state index in [1.807, 2.05) is 43.3 Å². The van der Waals surface area contributed by atoms with Gasteiger partial charge >= 0.3 is 0 Å². The van der Waals surface area contributed by atoms with Gasteiger partial charge in [-0.25, -0.2) is 0 Å². The largest absolute Gasteiger partial charge is 0.496 e. The topological polar surface area (TPSA) is 38.3 Å². The number of rotatable bonds is 6. The van der Waals surface area contributed by atoms with Crippen LogP contribution in [0.15, 0.2) is 48.5 Å². The number of amides is 1. The summed E-state index contributed by atoms with van der Waals surface area (Å²) in [5.41, 5.74) is 4.05. The van der Waals surface area contributed by atoms with E-state index in [0.29, 0.717) is 5.92 Å². The summed E-state index contributed by atoms with van der Waals surface area (Å²) >= 11 is 0. The molecule has 24 heavy (non-hydrogen) atoms. The molecule has 1 atom stereocenters. The van der Waals surface area contributed by atoms with Gasteiger partial charge in [0, 0.05) is 17.3 Å². The zero-order valence-corrected chi connectivity index (χ0v) is 14.8. The lowest BCUT2D eigenvalue weighted by atomic mass is 9.97. The molecule has 0 saturated heterocycles. The zero-order valence-electron chi connectivity index (χ0n) is 14.8. The standard InChI is InChI=1S/C21H25NO2/c1-5-16(3)18-8-6-7-9-19(18)22-21(23)13-11-17-14-15(2)10-12-20(17)24-4/h6-14,16H,5H2,1-4H3,(H,22,23)/b13-11+/t16-/m0/s1. The number of carbonyl (C=O) groups excluding carboxylic acids is 1. The van der Waals surface area contributed by atoms with Gasteiger partial charge < -0.3 is 10.1 Å². The molecule has 126 valence electrons. The van der Waals surface area contributed by atoms with E-state index in [1.54, 1.807) is 19.3 Å². The minimum atomic E-state index is -0.144. The summed E-state index contributed by atoms with van der Waals surface area (Å²) < 4.78 is 5.33. The van der Waals surface area contributed by atoms with Crippen LogP contribution in [0.3, 0.4) is 0 Å². The van der Waals surface area contributed by atoms with Gasteiger partial charge in [-0.05, 0) is 49.1 Å². The average Bonchev–Trinajstić information content (AvgIpc) is 2.60. The number of hydrogen-bond acceptors (Lipinski definition) is 2. The maximum Gasteiger partial charge on any atom is 0.248 e. The van der Waals surface area contributed by atoms with Crippen molar-refractivity contribution in [1.29, 1.82) is 0 Å². The highest BCUT2D eigenvalue weighted by molar-refractivity contribution is 6.02. The van der Waals surface area contributed by atoms with Crippen molar-refractivity contribution in [2.24, 2.45) is 0 Å². The summed E-state index contributed by atoms with van der Waals surface area (Å²) in [5.74, 6) is 1.02. The van der Waals surface area contributed by atoms with Crippen LogP contribution in [0.5, 0.6) is 5.75 Å². The Bertz CT molecular complexity index is 734. The summed E-state index contributed by atoms with van der Waals surface area (Å²) in [4.78, 5) is 12.3. The van der Waals surface area contributed by atoms with E-state index >= 15 is 0 Å². The first-order chi connectivity index (χ1) is 11.5. The predicted octanol–water partition coefficient (Wildman–Crippen LogP) is 5.17. The van der Waals surface area contributed by atoms with Crippen molar-refractivity contribution < 1.29 is 9.53 Å². The molecule has 2 aromatic carbocycles. The van der Waals surface area contributed by atoms with Gasteiger partial charge in [0.15, 0.2) is 0 Å². The first kappa shape index (κ1) is 17.8. The molecule has 0 aliphatic heterocycles. The number of methoxy groups -OCH3 is 1. The Balaban J connectivity index is 2.16. The minimum Gasteiger partial charge on any atom is -0.496 e. The van der Waals surface area contributed by atoms with Crippen LogP contribution in [0.2, 0.25) is 0 Å². The molecule has 2 rings (SSSR count). The van der Waals surface area contributed by atoms with Crippen molar-refractivity contribution in [2.45, 2.75) is 33.1 Å². The second-order valence-corrected chi connectivity index (χ2v) is 5.96. The van der Waals surface area contributed by atoms with Gasteiger partial charge in [-0.1, -0.05) is 43.7 Å². The molecule has 0 fully saturated rings. The summed E-state index contributed by atoms with van der Waals surface area (Å²) in [7, 11) is 1.63. The van der Waals surface area contributed by atoms with E-state index in [2.05, 4.69) is 25.2 Å². The summed E-state index contributed by atoms with van der Waals surface area (Å²) in [6, 6.07) is 13.8. The van der Waals surface area contributed by atoms with Crippen LogP contribution in [0, 0.1) is 6.92 Å². The van der Waals surface area contributed by atoms with Crippen molar-refractivity contribution in [1.82, 2.24) is 0 Å². The van der Waals surface area contributed by atoms with E-state index < -0.39 is 0 Å². The molecule has 0 saturated carbocycles. The SMILES string of the molecule is CC[C@H](C)c1ccccc1NC(=O)/C=C/c1cc(C)ccc1OC. The average molecular weight is 323 g/mol. The number of hydrogen-bond donors (Lipinski definition) is 1. The lowest BCUT2D eigenvalue weighted by Gasteiger charge is -2.14. The highest BCUT2D eigenvalue weighted by atomic mass is 16.5. The van der Waals surface area contributed by atoms with Gasteiger partial charge in [0.25, 0.3) is 0 Å². The molecule has 0 unspecified atom stereocenters. The third-order valence-corrected chi connectivity index (χ3v) is 4.16. The van der Waals surface area contributed by atoms with Crippen molar-refractivity contribution in [3.05, 3.63) is 65.2 Å². The molecule has 0 spiro atoms. The number of carbonyl (C=O) groups is 1. The monoisotopic (exact) mass is 323 g/mol. The molecule has 3 nitrogen and oxygen atoms in total. The van der Waals surface area contributed by atoms with Crippen molar-refractivity contribution in [2.75, 3.05) is 12.4 Å². The Hall–Kier alpha value is -2.55. The molecule has 0 aliphatic carbocycles. The molecule has 1 N–H and O–H groups in total. The third-order valence-electron chi connectivity index (χ3n) is 4.16. The maximum atomic E-state index is 12.3. The normalized spacial score (nSPS) is 12.2. The van der Waals surface area contributed by atoms with Gasteiger partial charge in [-0.15, -0.1) is 0 Å². The Morgan fingerprint density at radius 1 is 1.25 bits per heavy atom. The Morgan fingerprint density at radius 3 is 2.71 bits per heavy atom. The molecule has 1 amide bonds. The van der Waals surface area contributed by atoms with Crippen LogP contribution in [-0.4, -0.2) is 13.0 Å². The van der Waals surface area contributed by atoms with Crippen molar-refractivity contribution >= 4 is 17.7 Å². The van der Waals surface area contributed by atoms with E-state index in [1.165, 1.54) is 0 Å². The fourth-order valence-electron chi connectivity index (χ4n) is 2.58. The molecule has 2 aromatic rings. The van der Waals surface area contributed by atoms with Gasteiger partial charge in [-0.3, -0.25) is 4.79 Å². The molecule has 0 heterocycles. The first-order valence-electron chi connectivity index (χ1n) is 8.27. The second kappa shape index (κ2) is 8.34. The quantitative estimate of drug-likeness (QED) is 0.745. The smallest absolute Gasteiger partial charge is 0.248 e. The molecule has 0 aliphatic rings. The molecular formula is C21H25NO2. The van der Waals surface area contributed by atoms with Crippen LogP contribution >= 0.6 is 0 Å². The van der Waals surface area contributed by atoms with E-state index in [-0.39, 0.29) is 5.91 Å². The van der Waals surface area contributed by atoms with Crippen LogP contribution in [0.25, 0.3) is 6.08 Å². The maximum absolute atomic E-state index is 12.3. The Morgan fingerprint density at radius 2 is 2.00 bits per heavy atom. The minimum absolute atomic E-state index is 0.144. The highest BCUT2D eigenvalue weighted by Gasteiger charge is 2.09. The lowest BCUT2D eigenvalue weighted by molar-refractivity contribution is -0.111. The molecule has 0 aromatic heterocycles. The fraction of sp³-hybridized carbons (Fsp3) is 0.286. The van der Waals surface area contributed by atoms with Gasteiger partial charge in [0.2, 0.25) is 5.91 Å². The Kier molecular flexibility index (Phi) is 6.19. The van der Waals surface area contributed by atoms with Gasteiger partial charge in [-0.2, -0.15) is 0 Å². The Labute approximate surface area is 144 Å². The molecule has 0 bridgehead atoms. The van der Waals surface area contributed by atoms with Gasteiger partial charge in [0.1, 0.15) is 5.75 Å². The number of benzene rings is 2. The lowest BCUT2D eigenvalue weighted by Crippen LogP contribution is -2.10. The van der Waals surface area contributed by atoms with E-state index in [4.69, 9.17) is 4.74 Å². The number of anilines is 1. The van der Waals surface area contributed by atoms with Crippen molar-refractivity contribution in [3.63, 3.8) is 0 Å². The predicted molar refractivity (Wildman–Crippen MR) is 101 cm³/mol. The van der Waals surface area contributed by atoms with E-state index in [0.717, 1.165) is 34.5 Å². The summed E-state index contributed by atoms with van der Waals surface area (Å²) in [6.45, 7) is 6.32. The van der Waals surface area contributed by atoms with Crippen LogP contribution in [0.1, 0.15) is 42.9 Å². The van der Waals surface area contributed by atoms with E-state index in [9.17, 15) is 4.79 Å². The molecule has 0 radical (unpaired) electrons. The number of aryl methyl sites for hydroxylation is 1.